The SMILES string of the molecule is O=C(CNC(O)Cc1ccc(O)c(O)c1O)NO. The van der Waals surface area contributed by atoms with E-state index in [1.807, 2.05) is 0 Å². The van der Waals surface area contributed by atoms with Crippen molar-refractivity contribution in [2.75, 3.05) is 6.54 Å². The van der Waals surface area contributed by atoms with Crippen molar-refractivity contribution in [2.24, 2.45) is 0 Å². The highest BCUT2D eigenvalue weighted by Gasteiger charge is 2.14. The minimum absolute atomic E-state index is 0.0988. The third-order valence-electron chi connectivity index (χ3n) is 2.25. The van der Waals surface area contributed by atoms with E-state index in [2.05, 4.69) is 5.32 Å². The maximum absolute atomic E-state index is 10.7. The van der Waals surface area contributed by atoms with Gasteiger partial charge in [-0.3, -0.25) is 15.3 Å². The average molecular weight is 258 g/mol. The topological polar surface area (TPSA) is 142 Å². The lowest BCUT2D eigenvalue weighted by Crippen LogP contribution is -2.39. The van der Waals surface area contributed by atoms with Gasteiger partial charge in [-0.15, -0.1) is 0 Å². The third kappa shape index (κ3) is 3.48. The molecule has 0 saturated carbocycles. The first-order valence-corrected chi connectivity index (χ1v) is 5.03. The highest BCUT2D eigenvalue weighted by molar-refractivity contribution is 5.76. The summed E-state index contributed by atoms with van der Waals surface area (Å²) in [5.74, 6) is -2.42. The van der Waals surface area contributed by atoms with Gasteiger partial charge in [0, 0.05) is 12.0 Å². The normalized spacial score (nSPS) is 12.1. The number of carbonyl (C=O) groups excluding carboxylic acids is 1. The second-order valence-electron chi connectivity index (χ2n) is 3.58. The molecule has 1 aromatic carbocycles. The van der Waals surface area contributed by atoms with Crippen LogP contribution < -0.4 is 10.8 Å². The molecule has 0 spiro atoms. The second kappa shape index (κ2) is 6.05. The number of rotatable bonds is 5. The first kappa shape index (κ1) is 14.0. The Morgan fingerprint density at radius 3 is 2.50 bits per heavy atom. The molecule has 1 rings (SSSR count). The van der Waals surface area contributed by atoms with Gasteiger partial charge in [0.25, 0.3) is 5.91 Å². The van der Waals surface area contributed by atoms with Gasteiger partial charge in [0.05, 0.1) is 6.54 Å². The molecule has 7 N–H and O–H groups in total. The minimum Gasteiger partial charge on any atom is -0.504 e. The molecule has 1 amide bonds. The van der Waals surface area contributed by atoms with Crippen molar-refractivity contribution in [3.8, 4) is 17.2 Å². The maximum Gasteiger partial charge on any atom is 0.257 e. The average Bonchev–Trinajstić information content (AvgIpc) is 2.36. The summed E-state index contributed by atoms with van der Waals surface area (Å²) in [4.78, 5) is 10.7. The number of aliphatic hydroxyl groups is 1. The van der Waals surface area contributed by atoms with Crippen LogP contribution in [0.4, 0.5) is 0 Å². The molecular weight excluding hydrogens is 244 g/mol. The molecule has 100 valence electrons. The molecule has 0 aliphatic carbocycles. The van der Waals surface area contributed by atoms with E-state index in [-0.39, 0.29) is 18.5 Å². The number of aliphatic hydroxyl groups excluding tert-OH is 1. The van der Waals surface area contributed by atoms with E-state index in [1.165, 1.54) is 11.5 Å². The third-order valence-corrected chi connectivity index (χ3v) is 2.25. The van der Waals surface area contributed by atoms with Gasteiger partial charge in [-0.2, -0.15) is 0 Å². The van der Waals surface area contributed by atoms with Crippen LogP contribution in [0.15, 0.2) is 12.1 Å². The van der Waals surface area contributed by atoms with Crippen molar-refractivity contribution >= 4 is 5.91 Å². The Hall–Kier alpha value is -2.03. The van der Waals surface area contributed by atoms with Crippen molar-refractivity contribution in [1.29, 1.82) is 0 Å². The van der Waals surface area contributed by atoms with E-state index < -0.39 is 29.4 Å². The number of carbonyl (C=O) groups is 1. The van der Waals surface area contributed by atoms with Gasteiger partial charge in [0.2, 0.25) is 5.75 Å². The standard InChI is InChI=1S/C10H14N2O6/c13-6-2-1-5(9(16)10(6)17)3-7(14)11-4-8(15)12-18/h1-2,7,11,13-14,16-18H,3-4H2,(H,12,15). The Balaban J connectivity index is 2.62. The highest BCUT2D eigenvalue weighted by atomic mass is 16.5. The molecular formula is C10H14N2O6. The van der Waals surface area contributed by atoms with E-state index >= 15 is 0 Å². The Labute approximate surface area is 102 Å². The zero-order chi connectivity index (χ0) is 13.7. The van der Waals surface area contributed by atoms with Gasteiger partial charge in [0.15, 0.2) is 11.5 Å². The molecule has 8 nitrogen and oxygen atoms in total. The quantitative estimate of drug-likeness (QED) is 0.151. The van der Waals surface area contributed by atoms with Crippen LogP contribution in [0.5, 0.6) is 17.2 Å². The van der Waals surface area contributed by atoms with E-state index in [4.69, 9.17) is 10.3 Å². The summed E-state index contributed by atoms with van der Waals surface area (Å²) in [6.45, 7) is -0.317. The summed E-state index contributed by atoms with van der Waals surface area (Å²) in [6, 6.07) is 2.49. The van der Waals surface area contributed by atoms with Crippen molar-refractivity contribution in [3.05, 3.63) is 17.7 Å². The van der Waals surface area contributed by atoms with E-state index in [0.717, 1.165) is 6.07 Å². The highest BCUT2D eigenvalue weighted by Crippen LogP contribution is 2.37. The lowest BCUT2D eigenvalue weighted by Gasteiger charge is -2.13. The molecule has 0 aliphatic heterocycles. The number of hydrogen-bond donors (Lipinski definition) is 7. The molecule has 18 heavy (non-hydrogen) atoms. The van der Waals surface area contributed by atoms with E-state index in [9.17, 15) is 20.1 Å². The van der Waals surface area contributed by atoms with Crippen LogP contribution in [0.3, 0.4) is 0 Å². The summed E-state index contributed by atoms with van der Waals surface area (Å²) in [5.41, 5.74) is 1.57. The number of nitrogens with one attached hydrogen (secondary N) is 2. The van der Waals surface area contributed by atoms with Crippen LogP contribution in [-0.4, -0.2) is 44.3 Å². The monoisotopic (exact) mass is 258 g/mol. The maximum atomic E-state index is 10.7. The van der Waals surface area contributed by atoms with Crippen molar-refractivity contribution in [1.82, 2.24) is 10.8 Å². The number of phenolic OH excluding ortho intramolecular Hbond substituents is 3. The van der Waals surface area contributed by atoms with Crippen LogP contribution in [0, 0.1) is 0 Å². The summed E-state index contributed by atoms with van der Waals surface area (Å²) in [6.07, 6.45) is -1.27. The second-order valence-corrected chi connectivity index (χ2v) is 3.58. The van der Waals surface area contributed by atoms with Gasteiger partial charge in [-0.1, -0.05) is 6.07 Å². The lowest BCUT2D eigenvalue weighted by atomic mass is 10.1. The minimum atomic E-state index is -1.17. The fourth-order valence-electron chi connectivity index (χ4n) is 1.31. The first-order chi connectivity index (χ1) is 8.45. The van der Waals surface area contributed by atoms with Crippen LogP contribution in [0.2, 0.25) is 0 Å². The van der Waals surface area contributed by atoms with Crippen molar-refractivity contribution in [3.63, 3.8) is 0 Å². The predicted molar refractivity (Wildman–Crippen MR) is 59.1 cm³/mol. The number of aromatic hydroxyl groups is 3. The van der Waals surface area contributed by atoms with Gasteiger partial charge < -0.3 is 20.4 Å². The van der Waals surface area contributed by atoms with Gasteiger partial charge >= 0.3 is 0 Å². The first-order valence-electron chi connectivity index (χ1n) is 5.03. The summed E-state index contributed by atoms with van der Waals surface area (Å²) >= 11 is 0. The smallest absolute Gasteiger partial charge is 0.257 e. The summed E-state index contributed by atoms with van der Waals surface area (Å²) in [5, 5.41) is 47.9. The fourth-order valence-corrected chi connectivity index (χ4v) is 1.31. The Bertz CT molecular complexity index is 437. The molecule has 1 aromatic rings. The molecule has 0 fully saturated rings. The predicted octanol–water partition coefficient (Wildman–Crippen LogP) is -1.24. The van der Waals surface area contributed by atoms with Gasteiger partial charge in [-0.05, 0) is 6.07 Å². The van der Waals surface area contributed by atoms with E-state index in [0.29, 0.717) is 0 Å². The summed E-state index contributed by atoms with van der Waals surface area (Å²) in [7, 11) is 0. The Morgan fingerprint density at radius 1 is 1.22 bits per heavy atom. The molecule has 1 unspecified atom stereocenters. The zero-order valence-corrected chi connectivity index (χ0v) is 9.29. The molecule has 0 saturated heterocycles. The zero-order valence-electron chi connectivity index (χ0n) is 9.29. The van der Waals surface area contributed by atoms with Crippen LogP contribution >= 0.6 is 0 Å². The van der Waals surface area contributed by atoms with Crippen LogP contribution in [0.25, 0.3) is 0 Å². The number of amides is 1. The van der Waals surface area contributed by atoms with Crippen molar-refractivity contribution < 1.29 is 30.4 Å². The van der Waals surface area contributed by atoms with Gasteiger partial charge in [0.1, 0.15) is 6.23 Å². The van der Waals surface area contributed by atoms with Crippen LogP contribution in [0.1, 0.15) is 5.56 Å². The molecule has 0 heterocycles. The number of hydrogen-bond acceptors (Lipinski definition) is 7. The molecule has 0 aliphatic rings. The van der Waals surface area contributed by atoms with E-state index in [1.54, 1.807) is 0 Å². The molecule has 0 radical (unpaired) electrons. The number of hydroxylamine groups is 1. The molecule has 0 bridgehead atoms. The number of benzene rings is 1. The fraction of sp³-hybridized carbons (Fsp3) is 0.300. The Kier molecular flexibility index (Phi) is 4.72. The summed E-state index contributed by atoms with van der Waals surface area (Å²) < 4.78 is 0. The molecule has 8 heteroatoms. The van der Waals surface area contributed by atoms with Crippen molar-refractivity contribution in [2.45, 2.75) is 12.6 Å². The number of phenols is 3. The van der Waals surface area contributed by atoms with Crippen LogP contribution in [-0.2, 0) is 11.2 Å². The lowest BCUT2D eigenvalue weighted by molar-refractivity contribution is -0.128. The van der Waals surface area contributed by atoms with Gasteiger partial charge in [-0.25, -0.2) is 5.48 Å². The molecule has 1 atom stereocenters. The molecule has 0 aromatic heterocycles. The Morgan fingerprint density at radius 2 is 1.89 bits per heavy atom. The largest absolute Gasteiger partial charge is 0.504 e.